The molecule has 1 aromatic carbocycles. The highest BCUT2D eigenvalue weighted by Gasteiger charge is 2.28. The Morgan fingerprint density at radius 3 is 3.05 bits per heavy atom. The van der Waals surface area contributed by atoms with Crippen LogP contribution in [0.3, 0.4) is 0 Å². The lowest BCUT2D eigenvalue weighted by molar-refractivity contribution is 0.0585. The first-order valence-corrected chi connectivity index (χ1v) is 7.53. The van der Waals surface area contributed by atoms with Gasteiger partial charge in [-0.25, -0.2) is 14.5 Å². The van der Waals surface area contributed by atoms with Gasteiger partial charge in [0, 0.05) is 17.6 Å². The molecule has 116 valence electrons. The molecule has 0 unspecified atom stereocenters. The van der Waals surface area contributed by atoms with Gasteiger partial charge in [0.15, 0.2) is 0 Å². The topological polar surface area (TPSA) is 60.2 Å². The molecule has 2 aromatic rings. The molecular formula is C15H17ClN4O2. The van der Waals surface area contributed by atoms with Crippen molar-refractivity contribution in [2.75, 3.05) is 13.7 Å². The average Bonchev–Trinajstić information content (AvgIpc) is 3.17. The van der Waals surface area contributed by atoms with E-state index in [9.17, 15) is 4.79 Å². The highest BCUT2D eigenvalue weighted by Crippen LogP contribution is 2.35. The number of likely N-dealkylation sites (tertiary alicyclic amines) is 1. The standard InChI is InChI=1S/C15H17ClN4O2/c1-22-15(21)14-17-9-20(18-14)10-19-8-4-7-13(19)11-5-2-3-6-12(11)16/h2-3,5-6,9,13H,4,7-8,10H2,1H3/t13-/m1/s1. The summed E-state index contributed by atoms with van der Waals surface area (Å²) in [5.41, 5.74) is 1.13. The van der Waals surface area contributed by atoms with Crippen molar-refractivity contribution in [2.24, 2.45) is 0 Å². The van der Waals surface area contributed by atoms with Gasteiger partial charge in [-0.1, -0.05) is 29.8 Å². The number of hydrogen-bond donors (Lipinski definition) is 0. The predicted molar refractivity (Wildman–Crippen MR) is 81.5 cm³/mol. The maximum atomic E-state index is 11.4. The summed E-state index contributed by atoms with van der Waals surface area (Å²) in [4.78, 5) is 17.7. The lowest BCUT2D eigenvalue weighted by atomic mass is 10.0. The minimum absolute atomic E-state index is 0.0796. The second kappa shape index (κ2) is 6.46. The van der Waals surface area contributed by atoms with Gasteiger partial charge >= 0.3 is 5.97 Å². The van der Waals surface area contributed by atoms with E-state index >= 15 is 0 Å². The van der Waals surface area contributed by atoms with Gasteiger partial charge in [-0.2, -0.15) is 0 Å². The third-order valence-electron chi connectivity index (χ3n) is 3.86. The Morgan fingerprint density at radius 2 is 2.27 bits per heavy atom. The van der Waals surface area contributed by atoms with Gasteiger partial charge in [0.2, 0.25) is 0 Å². The molecular weight excluding hydrogens is 304 g/mol. The molecule has 3 rings (SSSR count). The van der Waals surface area contributed by atoms with Gasteiger partial charge in [-0.3, -0.25) is 4.90 Å². The molecule has 6 nitrogen and oxygen atoms in total. The number of carbonyl (C=O) groups is 1. The Bertz CT molecular complexity index is 673. The zero-order valence-electron chi connectivity index (χ0n) is 12.3. The Balaban J connectivity index is 1.75. The van der Waals surface area contributed by atoms with Crippen molar-refractivity contribution in [1.82, 2.24) is 19.7 Å². The summed E-state index contributed by atoms with van der Waals surface area (Å²) in [7, 11) is 1.32. The molecule has 22 heavy (non-hydrogen) atoms. The van der Waals surface area contributed by atoms with Crippen molar-refractivity contribution in [3.05, 3.63) is 47.0 Å². The highest BCUT2D eigenvalue weighted by molar-refractivity contribution is 6.31. The van der Waals surface area contributed by atoms with Crippen LogP contribution >= 0.6 is 11.6 Å². The zero-order chi connectivity index (χ0) is 15.5. The minimum atomic E-state index is -0.525. The first kappa shape index (κ1) is 15.0. The molecule has 1 fully saturated rings. The van der Waals surface area contributed by atoms with Crippen LogP contribution in [0.15, 0.2) is 30.6 Å². The zero-order valence-corrected chi connectivity index (χ0v) is 13.0. The van der Waals surface area contributed by atoms with Crippen molar-refractivity contribution in [1.29, 1.82) is 0 Å². The van der Waals surface area contributed by atoms with Gasteiger partial charge in [0.25, 0.3) is 5.82 Å². The van der Waals surface area contributed by atoms with Crippen molar-refractivity contribution >= 4 is 17.6 Å². The summed E-state index contributed by atoms with van der Waals surface area (Å²) in [6.07, 6.45) is 3.71. The largest absolute Gasteiger partial charge is 0.463 e. The van der Waals surface area contributed by atoms with Crippen LogP contribution in [-0.2, 0) is 11.4 Å². The maximum absolute atomic E-state index is 11.4. The molecule has 1 aromatic heterocycles. The summed E-state index contributed by atoms with van der Waals surface area (Å²) in [6.45, 7) is 1.53. The molecule has 0 N–H and O–H groups in total. The quantitative estimate of drug-likeness (QED) is 0.810. The summed E-state index contributed by atoms with van der Waals surface area (Å²) in [6, 6.07) is 8.18. The van der Waals surface area contributed by atoms with E-state index in [1.807, 2.05) is 18.2 Å². The summed E-state index contributed by atoms with van der Waals surface area (Å²) in [5, 5.41) is 4.94. The number of rotatable bonds is 4. The number of aromatic nitrogens is 3. The third-order valence-corrected chi connectivity index (χ3v) is 4.20. The molecule has 0 saturated carbocycles. The first-order valence-electron chi connectivity index (χ1n) is 7.15. The molecule has 0 aliphatic carbocycles. The fourth-order valence-electron chi connectivity index (χ4n) is 2.83. The summed E-state index contributed by atoms with van der Waals surface area (Å²) < 4.78 is 6.27. The van der Waals surface area contributed by atoms with Crippen LogP contribution in [0.2, 0.25) is 5.02 Å². The molecule has 0 amide bonds. The maximum Gasteiger partial charge on any atom is 0.377 e. The Labute approximate surface area is 133 Å². The van der Waals surface area contributed by atoms with E-state index < -0.39 is 5.97 Å². The lowest BCUT2D eigenvalue weighted by Gasteiger charge is -2.25. The molecule has 1 aliphatic heterocycles. The number of nitrogens with zero attached hydrogens (tertiary/aromatic N) is 4. The van der Waals surface area contributed by atoms with Crippen LogP contribution < -0.4 is 0 Å². The number of halogens is 1. The molecule has 2 heterocycles. The smallest absolute Gasteiger partial charge is 0.377 e. The summed E-state index contributed by atoms with van der Waals surface area (Å²) in [5.74, 6) is -0.446. The highest BCUT2D eigenvalue weighted by atomic mass is 35.5. The first-order chi connectivity index (χ1) is 10.7. The van der Waals surface area contributed by atoms with Gasteiger partial charge in [-0.15, -0.1) is 5.10 Å². The molecule has 1 saturated heterocycles. The van der Waals surface area contributed by atoms with Crippen LogP contribution in [0.1, 0.15) is 35.1 Å². The molecule has 1 aliphatic rings. The third kappa shape index (κ3) is 2.98. The van der Waals surface area contributed by atoms with Gasteiger partial charge in [0.05, 0.1) is 13.8 Å². The molecule has 0 radical (unpaired) electrons. The van der Waals surface area contributed by atoms with E-state index in [1.165, 1.54) is 7.11 Å². The van der Waals surface area contributed by atoms with Crippen LogP contribution in [0, 0.1) is 0 Å². The molecule has 0 bridgehead atoms. The second-order valence-corrected chi connectivity index (χ2v) is 5.64. The number of esters is 1. The molecule has 1 atom stereocenters. The molecule has 0 spiro atoms. The Kier molecular flexibility index (Phi) is 4.40. The number of methoxy groups -OCH3 is 1. The van der Waals surface area contributed by atoms with E-state index in [-0.39, 0.29) is 11.9 Å². The van der Waals surface area contributed by atoms with E-state index in [1.54, 1.807) is 11.0 Å². The van der Waals surface area contributed by atoms with Crippen molar-refractivity contribution in [2.45, 2.75) is 25.6 Å². The number of benzene rings is 1. The monoisotopic (exact) mass is 320 g/mol. The van der Waals surface area contributed by atoms with E-state index in [0.717, 1.165) is 30.0 Å². The van der Waals surface area contributed by atoms with Crippen molar-refractivity contribution in [3.63, 3.8) is 0 Å². The Hall–Kier alpha value is -1.92. The van der Waals surface area contributed by atoms with Crippen LogP contribution in [0.4, 0.5) is 0 Å². The SMILES string of the molecule is COC(=O)c1ncn(CN2CCC[C@@H]2c2ccccc2Cl)n1. The van der Waals surface area contributed by atoms with E-state index in [2.05, 4.69) is 25.8 Å². The van der Waals surface area contributed by atoms with Crippen molar-refractivity contribution < 1.29 is 9.53 Å². The predicted octanol–water partition coefficient (Wildman–Crippen LogP) is 2.51. The van der Waals surface area contributed by atoms with Gasteiger partial charge in [0.1, 0.15) is 6.33 Å². The number of carbonyl (C=O) groups excluding carboxylic acids is 1. The second-order valence-electron chi connectivity index (χ2n) is 5.23. The number of hydrogen-bond acceptors (Lipinski definition) is 5. The van der Waals surface area contributed by atoms with Crippen molar-refractivity contribution in [3.8, 4) is 0 Å². The fraction of sp³-hybridized carbons (Fsp3) is 0.400. The van der Waals surface area contributed by atoms with Crippen LogP contribution in [0.5, 0.6) is 0 Å². The lowest BCUT2D eigenvalue weighted by Crippen LogP contribution is -2.26. The van der Waals surface area contributed by atoms with E-state index in [4.69, 9.17) is 11.6 Å². The minimum Gasteiger partial charge on any atom is -0.463 e. The van der Waals surface area contributed by atoms with Gasteiger partial charge in [-0.05, 0) is 24.5 Å². The van der Waals surface area contributed by atoms with E-state index in [0.29, 0.717) is 6.67 Å². The fourth-order valence-corrected chi connectivity index (χ4v) is 3.09. The molecule has 7 heteroatoms. The normalized spacial score (nSPS) is 18.5. The van der Waals surface area contributed by atoms with Crippen LogP contribution in [0.25, 0.3) is 0 Å². The number of ether oxygens (including phenoxy) is 1. The van der Waals surface area contributed by atoms with Gasteiger partial charge < -0.3 is 4.74 Å². The summed E-state index contributed by atoms with van der Waals surface area (Å²) >= 11 is 6.31. The average molecular weight is 321 g/mol. The Morgan fingerprint density at radius 1 is 1.45 bits per heavy atom. The van der Waals surface area contributed by atoms with Crippen LogP contribution in [-0.4, -0.2) is 39.3 Å².